The normalized spacial score (nSPS) is 22.0. The van der Waals surface area contributed by atoms with E-state index in [4.69, 9.17) is 21.1 Å². The first-order valence-corrected chi connectivity index (χ1v) is 22.2. The Morgan fingerprint density at radius 2 is 1.72 bits per heavy atom. The number of nitrogens with one attached hydrogen (secondary N) is 3. The van der Waals surface area contributed by atoms with Crippen LogP contribution in [0.4, 0.5) is 14.6 Å². The van der Waals surface area contributed by atoms with Crippen LogP contribution >= 0.6 is 11.6 Å². The number of benzene rings is 2. The molecule has 350 valence electrons. The van der Waals surface area contributed by atoms with E-state index in [1.807, 2.05) is 33.8 Å². The number of nitrogens with zero attached hydrogens (tertiary/aromatic N) is 5. The topological polar surface area (TPSA) is 189 Å². The van der Waals surface area contributed by atoms with Gasteiger partial charge < -0.3 is 40.3 Å². The van der Waals surface area contributed by atoms with E-state index in [1.54, 1.807) is 51.2 Å². The van der Waals surface area contributed by atoms with E-state index in [0.29, 0.717) is 41.5 Å². The molecule has 0 radical (unpaired) electrons. The summed E-state index contributed by atoms with van der Waals surface area (Å²) in [5, 5.41) is 28.5. The first kappa shape index (κ1) is 49.0. The van der Waals surface area contributed by atoms with Gasteiger partial charge in [-0.05, 0) is 47.9 Å². The zero-order chi connectivity index (χ0) is 47.4. The van der Waals surface area contributed by atoms with Gasteiger partial charge in [0.15, 0.2) is 0 Å². The molecule has 3 aromatic rings. The van der Waals surface area contributed by atoms with E-state index in [0.717, 1.165) is 37.1 Å². The minimum Gasteiger partial charge on any atom is -0.489 e. The third-order valence-electron chi connectivity index (χ3n) is 12.7. The van der Waals surface area contributed by atoms with Gasteiger partial charge in [0.2, 0.25) is 17.7 Å². The standard InChI is InChI=1S/C47H59ClF2N8O7/c1-45(2,3)39(42(63)58-26-32(59)21-36(58)41(62)53-25-30-20-31(49)10-12-35(30)50)54-38(60)27-64-19-18-56-14-16-57(17-15-56)37-13-9-29(24-52-37)40(61)55-43-46(4,5)44(47(43,6)7)65-33-11-8-28(23-51)34(48)22-33/h8-13,20,22,24,32,36,39,43-44,59H,14-19,21,25-27H2,1-7H3,(H,53,62)(H,54,60)(H,55,61)/t32-,36+,39?,43?,44?/m1/s1. The number of aromatic nitrogens is 1. The molecular formula is C47H59ClF2N8O7. The van der Waals surface area contributed by atoms with Gasteiger partial charge in [-0.15, -0.1) is 0 Å². The monoisotopic (exact) mass is 920 g/mol. The highest BCUT2D eigenvalue weighted by Gasteiger charge is 2.64. The first-order valence-electron chi connectivity index (χ1n) is 21.8. The third kappa shape index (κ3) is 11.3. The number of halogens is 3. The Morgan fingerprint density at radius 3 is 2.35 bits per heavy atom. The molecule has 2 saturated heterocycles. The number of rotatable bonds is 15. The number of aliphatic hydroxyl groups excluding tert-OH is 1. The number of piperazine rings is 1. The van der Waals surface area contributed by atoms with Crippen LogP contribution < -0.4 is 25.6 Å². The molecule has 3 aliphatic rings. The number of pyridine rings is 1. The van der Waals surface area contributed by atoms with Crippen LogP contribution in [-0.2, 0) is 25.7 Å². The van der Waals surface area contributed by atoms with Crippen molar-refractivity contribution in [2.75, 3.05) is 57.4 Å². The summed E-state index contributed by atoms with van der Waals surface area (Å²) in [4.78, 5) is 63.8. The number of carbonyl (C=O) groups is 4. The zero-order valence-corrected chi connectivity index (χ0v) is 38.7. The highest BCUT2D eigenvalue weighted by molar-refractivity contribution is 6.31. The Balaban J connectivity index is 0.921. The molecule has 15 nitrogen and oxygen atoms in total. The molecule has 1 unspecified atom stereocenters. The fourth-order valence-electron chi connectivity index (χ4n) is 9.38. The molecule has 2 aromatic carbocycles. The minimum absolute atomic E-state index is 0.0515. The zero-order valence-electron chi connectivity index (χ0n) is 37.9. The first-order chi connectivity index (χ1) is 30.6. The summed E-state index contributed by atoms with van der Waals surface area (Å²) in [5.74, 6) is -1.97. The summed E-state index contributed by atoms with van der Waals surface area (Å²) in [7, 11) is 0. The summed E-state index contributed by atoms with van der Waals surface area (Å²) in [6.07, 6.45) is 0.316. The number of ether oxygens (including phenoxy) is 2. The molecule has 0 bridgehead atoms. The van der Waals surface area contributed by atoms with Crippen molar-refractivity contribution in [2.45, 2.75) is 91.8 Å². The summed E-state index contributed by atoms with van der Waals surface area (Å²) in [6, 6.07) is 11.2. The molecule has 3 fully saturated rings. The van der Waals surface area contributed by atoms with Crippen LogP contribution in [0.5, 0.6) is 5.75 Å². The van der Waals surface area contributed by atoms with Gasteiger partial charge in [0, 0.05) is 86.9 Å². The lowest BCUT2D eigenvalue weighted by Crippen LogP contribution is -2.74. The van der Waals surface area contributed by atoms with Crippen molar-refractivity contribution >= 4 is 41.0 Å². The molecule has 0 spiro atoms. The Hall–Kier alpha value is -5.41. The lowest BCUT2D eigenvalue weighted by molar-refractivity contribution is -0.164. The van der Waals surface area contributed by atoms with Crippen LogP contribution in [0.3, 0.4) is 0 Å². The number of anilines is 1. The van der Waals surface area contributed by atoms with E-state index < -0.39 is 63.8 Å². The summed E-state index contributed by atoms with van der Waals surface area (Å²) in [5.41, 5.74) is -0.837. The summed E-state index contributed by atoms with van der Waals surface area (Å²) < 4.78 is 39.9. The molecule has 18 heteroatoms. The molecule has 4 N–H and O–H groups in total. The molecule has 3 heterocycles. The second-order valence-corrected chi connectivity index (χ2v) is 19.7. The molecule has 1 saturated carbocycles. The van der Waals surface area contributed by atoms with Crippen molar-refractivity contribution in [3.63, 3.8) is 0 Å². The van der Waals surface area contributed by atoms with Gasteiger partial charge >= 0.3 is 0 Å². The van der Waals surface area contributed by atoms with Crippen LogP contribution in [-0.4, -0.2) is 126 Å². The molecule has 4 amide bonds. The van der Waals surface area contributed by atoms with Crippen molar-refractivity contribution < 1.29 is 42.5 Å². The minimum atomic E-state index is -1.08. The SMILES string of the molecule is CC(C)(C)C(NC(=O)COCCN1CCN(c2ccc(C(=O)NC3C(C)(C)C(Oc4ccc(C#N)c(Cl)c4)C3(C)C)cn2)CC1)C(=O)N1C[C@H](O)C[C@H]1C(=O)NCc1cc(F)ccc1F. The van der Waals surface area contributed by atoms with Gasteiger partial charge in [-0.25, -0.2) is 13.8 Å². The van der Waals surface area contributed by atoms with E-state index >= 15 is 0 Å². The Kier molecular flexibility index (Phi) is 15.1. The van der Waals surface area contributed by atoms with Crippen molar-refractivity contribution in [3.05, 3.63) is 88.1 Å². The maximum Gasteiger partial charge on any atom is 0.253 e. The Morgan fingerprint density at radius 1 is 1.02 bits per heavy atom. The number of carbonyl (C=O) groups excluding carboxylic acids is 4. The van der Waals surface area contributed by atoms with Gasteiger partial charge in [-0.2, -0.15) is 5.26 Å². The average Bonchev–Trinajstić information content (AvgIpc) is 3.66. The van der Waals surface area contributed by atoms with Crippen LogP contribution in [0.25, 0.3) is 0 Å². The van der Waals surface area contributed by atoms with E-state index in [1.165, 1.54) is 4.90 Å². The van der Waals surface area contributed by atoms with Crippen LogP contribution in [0.15, 0.2) is 54.7 Å². The quantitative estimate of drug-likeness (QED) is 0.158. The lowest BCUT2D eigenvalue weighted by atomic mass is 9.49. The highest BCUT2D eigenvalue weighted by atomic mass is 35.5. The number of aliphatic hydroxyl groups is 1. The summed E-state index contributed by atoms with van der Waals surface area (Å²) in [6.45, 7) is 16.4. The van der Waals surface area contributed by atoms with Crippen LogP contribution in [0, 0.1) is 39.2 Å². The predicted octanol–water partition coefficient (Wildman–Crippen LogP) is 4.44. The number of hydrogen-bond acceptors (Lipinski definition) is 11. The van der Waals surface area contributed by atoms with Gasteiger partial charge in [0.05, 0.1) is 28.9 Å². The van der Waals surface area contributed by atoms with Gasteiger partial charge in [0.25, 0.3) is 5.91 Å². The van der Waals surface area contributed by atoms with Crippen LogP contribution in [0.2, 0.25) is 5.02 Å². The Bertz CT molecular complexity index is 2260. The third-order valence-corrected chi connectivity index (χ3v) is 13.0. The molecular weight excluding hydrogens is 862 g/mol. The second-order valence-electron chi connectivity index (χ2n) is 19.3. The van der Waals surface area contributed by atoms with Crippen LogP contribution in [0.1, 0.15) is 76.4 Å². The predicted molar refractivity (Wildman–Crippen MR) is 239 cm³/mol. The Labute approximate surface area is 383 Å². The van der Waals surface area contributed by atoms with Crippen molar-refractivity contribution in [1.29, 1.82) is 5.26 Å². The molecule has 3 atom stereocenters. The maximum atomic E-state index is 14.2. The molecule has 6 rings (SSSR count). The van der Waals surface area contributed by atoms with Crippen molar-refractivity contribution in [3.8, 4) is 11.8 Å². The average molecular weight is 921 g/mol. The second kappa shape index (κ2) is 20.0. The molecule has 1 aromatic heterocycles. The lowest BCUT2D eigenvalue weighted by Gasteiger charge is -2.63. The number of likely N-dealkylation sites (tertiary alicyclic amines) is 1. The van der Waals surface area contributed by atoms with Gasteiger partial charge in [-0.1, -0.05) is 60.1 Å². The fraction of sp³-hybridized carbons (Fsp3) is 0.532. The van der Waals surface area contributed by atoms with E-state index in [2.05, 4.69) is 36.8 Å². The smallest absolute Gasteiger partial charge is 0.253 e. The van der Waals surface area contributed by atoms with Gasteiger partial charge in [-0.3, -0.25) is 24.1 Å². The molecule has 2 aliphatic heterocycles. The van der Waals surface area contributed by atoms with E-state index in [-0.39, 0.29) is 56.3 Å². The summed E-state index contributed by atoms with van der Waals surface area (Å²) >= 11 is 6.24. The van der Waals surface area contributed by atoms with Crippen molar-refractivity contribution in [1.82, 2.24) is 30.7 Å². The molecule has 65 heavy (non-hydrogen) atoms. The highest BCUT2D eigenvalue weighted by Crippen LogP contribution is 2.55. The molecule has 1 aliphatic carbocycles. The number of nitriles is 1. The van der Waals surface area contributed by atoms with Crippen molar-refractivity contribution in [2.24, 2.45) is 16.2 Å². The number of hydrogen-bond donors (Lipinski definition) is 4. The fourth-order valence-corrected chi connectivity index (χ4v) is 9.59. The number of amides is 4. The maximum absolute atomic E-state index is 14.2. The van der Waals surface area contributed by atoms with E-state index in [9.17, 15) is 38.3 Å². The van der Waals surface area contributed by atoms with Gasteiger partial charge in [0.1, 0.15) is 54.1 Å². The largest absolute Gasteiger partial charge is 0.489 e. The number of β-amino-alcohol motifs (C(OH)–C–C–N with tert-alkyl or cyclic N) is 1.